The summed E-state index contributed by atoms with van der Waals surface area (Å²) in [5.41, 5.74) is 2.52. The molecule has 0 unspecified atom stereocenters. The number of nitrogens with zero attached hydrogens (tertiary/aromatic N) is 3. The van der Waals surface area contributed by atoms with E-state index in [-0.39, 0.29) is 6.10 Å². The first-order chi connectivity index (χ1) is 12.1. The van der Waals surface area contributed by atoms with Crippen LogP contribution >= 0.6 is 0 Å². The molecule has 0 bridgehead atoms. The van der Waals surface area contributed by atoms with E-state index < -0.39 is 6.17 Å². The fourth-order valence-electron chi connectivity index (χ4n) is 3.25. The topological polar surface area (TPSA) is 65.5 Å². The number of hydrogen-bond acceptors (Lipinski definition) is 5. The van der Waals surface area contributed by atoms with Crippen LogP contribution in [0, 0.1) is 0 Å². The highest BCUT2D eigenvalue weighted by molar-refractivity contribution is 6.15. The second-order valence-corrected chi connectivity index (χ2v) is 6.69. The van der Waals surface area contributed by atoms with Gasteiger partial charge in [0.2, 0.25) is 0 Å². The van der Waals surface area contributed by atoms with E-state index in [1.54, 1.807) is 0 Å². The lowest BCUT2D eigenvalue weighted by Gasteiger charge is -2.24. The minimum Gasteiger partial charge on any atom is -0.491 e. The lowest BCUT2D eigenvalue weighted by Crippen LogP contribution is -2.34. The first-order valence-corrected chi connectivity index (χ1v) is 8.64. The molecule has 0 radical (unpaired) electrons. The van der Waals surface area contributed by atoms with Crippen LogP contribution in [-0.4, -0.2) is 52.8 Å². The molecule has 7 heteroatoms. The van der Waals surface area contributed by atoms with E-state index >= 15 is 0 Å². The second-order valence-electron chi connectivity index (χ2n) is 6.69. The Kier molecular flexibility index (Phi) is 4.07. The van der Waals surface area contributed by atoms with Crippen LogP contribution in [0.1, 0.15) is 26.0 Å². The number of alkyl halides is 1. The van der Waals surface area contributed by atoms with E-state index in [2.05, 4.69) is 20.5 Å². The number of aromatic amines is 1. The molecular formula is C18H22FN5O. The highest BCUT2D eigenvalue weighted by Gasteiger charge is 2.25. The van der Waals surface area contributed by atoms with Crippen molar-refractivity contribution in [1.82, 2.24) is 20.4 Å². The summed E-state index contributed by atoms with van der Waals surface area (Å²) >= 11 is 0. The molecule has 1 fully saturated rings. The van der Waals surface area contributed by atoms with Gasteiger partial charge in [0.15, 0.2) is 0 Å². The summed E-state index contributed by atoms with van der Waals surface area (Å²) in [6, 6.07) is 5.88. The van der Waals surface area contributed by atoms with Crippen molar-refractivity contribution in [2.45, 2.75) is 32.5 Å². The van der Waals surface area contributed by atoms with Crippen LogP contribution in [0.2, 0.25) is 0 Å². The summed E-state index contributed by atoms with van der Waals surface area (Å²) in [7, 11) is 0. The fourth-order valence-corrected chi connectivity index (χ4v) is 3.25. The van der Waals surface area contributed by atoms with E-state index in [0.29, 0.717) is 19.6 Å². The van der Waals surface area contributed by atoms with Crippen molar-refractivity contribution in [3.05, 3.63) is 35.8 Å². The maximum Gasteiger partial charge on any atom is 0.120 e. The van der Waals surface area contributed by atoms with Gasteiger partial charge in [-0.25, -0.2) is 4.39 Å². The lowest BCUT2D eigenvalue weighted by atomic mass is 10.1. The largest absolute Gasteiger partial charge is 0.491 e. The summed E-state index contributed by atoms with van der Waals surface area (Å²) in [5, 5.41) is 11.7. The quantitative estimate of drug-likeness (QED) is 0.896. The molecule has 0 aliphatic carbocycles. The first-order valence-electron chi connectivity index (χ1n) is 8.64. The average molecular weight is 343 g/mol. The van der Waals surface area contributed by atoms with Gasteiger partial charge in [0, 0.05) is 18.0 Å². The maximum absolute atomic E-state index is 13.5. The molecule has 3 heterocycles. The zero-order chi connectivity index (χ0) is 17.4. The molecule has 6 nitrogen and oxygen atoms in total. The van der Waals surface area contributed by atoms with Gasteiger partial charge in [0.05, 0.1) is 23.9 Å². The number of benzene rings is 1. The molecule has 1 atom stereocenters. The molecule has 4 rings (SSSR count). The predicted octanol–water partition coefficient (Wildman–Crippen LogP) is 2.59. The average Bonchev–Trinajstić information content (AvgIpc) is 3.20. The summed E-state index contributed by atoms with van der Waals surface area (Å²) in [4.78, 5) is 6.57. The van der Waals surface area contributed by atoms with E-state index in [1.807, 2.05) is 43.0 Å². The molecule has 0 amide bonds. The van der Waals surface area contributed by atoms with Crippen LogP contribution in [-0.2, 0) is 0 Å². The third-order valence-electron chi connectivity index (χ3n) is 4.40. The van der Waals surface area contributed by atoms with Gasteiger partial charge >= 0.3 is 0 Å². The van der Waals surface area contributed by atoms with Crippen LogP contribution in [0.5, 0.6) is 5.75 Å². The van der Waals surface area contributed by atoms with Crippen LogP contribution in [0.15, 0.2) is 35.1 Å². The van der Waals surface area contributed by atoms with Crippen molar-refractivity contribution in [1.29, 1.82) is 0 Å². The number of fused-ring (bicyclic) bond motifs is 1. The third-order valence-corrected chi connectivity index (χ3v) is 4.40. The Hall–Kier alpha value is -2.57. The molecule has 2 N–H and O–H groups in total. The maximum atomic E-state index is 13.5. The number of allylic oxidation sites excluding steroid dienone is 1. The Bertz CT molecular complexity index is 841. The van der Waals surface area contributed by atoms with Gasteiger partial charge in [-0.15, -0.1) is 0 Å². The number of nitrogens with one attached hydrogen (secondary N) is 2. The standard InChI is InChI=1S/C18H22FN5O/c1-11(2)25-13-3-4-15-14(7-13)18(23-22-15)16-8-17(21-10-20-16)24-6-5-12(19)9-24/h3-4,7-8,11-12,21H,5-6,9-10H2,1-2H3,(H,22,23)/t12-/m0/s1. The second kappa shape index (κ2) is 6.38. The third kappa shape index (κ3) is 3.18. The fraction of sp³-hybridized carbons (Fsp3) is 0.444. The number of likely N-dealkylation sites (tertiary alicyclic amines) is 1. The van der Waals surface area contributed by atoms with Crippen molar-refractivity contribution in [2.24, 2.45) is 4.99 Å². The van der Waals surface area contributed by atoms with Crippen LogP contribution in [0.4, 0.5) is 4.39 Å². The summed E-state index contributed by atoms with van der Waals surface area (Å²) in [5.74, 6) is 1.72. The van der Waals surface area contributed by atoms with E-state index in [4.69, 9.17) is 4.74 Å². The number of aromatic nitrogens is 2. The minimum atomic E-state index is -0.757. The first kappa shape index (κ1) is 15.9. The Morgan fingerprint density at radius 3 is 3.00 bits per heavy atom. The Balaban J connectivity index is 1.66. The van der Waals surface area contributed by atoms with Crippen molar-refractivity contribution >= 4 is 16.6 Å². The van der Waals surface area contributed by atoms with E-state index in [1.165, 1.54) is 0 Å². The summed E-state index contributed by atoms with van der Waals surface area (Å²) in [6.45, 7) is 5.62. The number of aliphatic imine (C=N–C) groups is 1. The summed E-state index contributed by atoms with van der Waals surface area (Å²) in [6.07, 6.45) is 1.88. The van der Waals surface area contributed by atoms with Crippen molar-refractivity contribution in [3.8, 4) is 5.75 Å². The number of rotatable bonds is 4. The number of halogens is 1. The van der Waals surface area contributed by atoms with Gasteiger partial charge in [-0.3, -0.25) is 10.1 Å². The minimum absolute atomic E-state index is 0.110. The predicted molar refractivity (Wildman–Crippen MR) is 95.6 cm³/mol. The van der Waals surface area contributed by atoms with E-state index in [0.717, 1.165) is 40.4 Å². The molecule has 1 aromatic heterocycles. The number of hydrogen-bond donors (Lipinski definition) is 2. The van der Waals surface area contributed by atoms with Crippen LogP contribution < -0.4 is 10.1 Å². The van der Waals surface area contributed by atoms with E-state index in [9.17, 15) is 4.39 Å². The number of ether oxygens (including phenoxy) is 1. The zero-order valence-corrected chi connectivity index (χ0v) is 14.4. The molecule has 1 aromatic carbocycles. The normalized spacial score (nSPS) is 20.6. The Morgan fingerprint density at radius 1 is 1.36 bits per heavy atom. The highest BCUT2D eigenvalue weighted by Crippen LogP contribution is 2.25. The SMILES string of the molecule is CC(C)Oc1ccc2[nH]nc(C3=NCNC(N4CC[C@H](F)C4)=C3)c2c1. The molecule has 2 aromatic rings. The molecule has 1 saturated heterocycles. The molecule has 25 heavy (non-hydrogen) atoms. The summed E-state index contributed by atoms with van der Waals surface area (Å²) < 4.78 is 19.3. The number of H-pyrrole nitrogens is 1. The molecule has 2 aliphatic rings. The lowest BCUT2D eigenvalue weighted by molar-refractivity contribution is 0.243. The molecule has 0 spiro atoms. The van der Waals surface area contributed by atoms with Gasteiger partial charge in [-0.1, -0.05) is 0 Å². The molecule has 132 valence electrons. The Morgan fingerprint density at radius 2 is 2.24 bits per heavy atom. The molecular weight excluding hydrogens is 321 g/mol. The van der Waals surface area contributed by atoms with Crippen molar-refractivity contribution in [3.63, 3.8) is 0 Å². The van der Waals surface area contributed by atoms with Gasteiger partial charge in [-0.05, 0) is 38.5 Å². The Labute approximate surface area is 145 Å². The van der Waals surface area contributed by atoms with Crippen LogP contribution in [0.25, 0.3) is 10.9 Å². The van der Waals surface area contributed by atoms with Gasteiger partial charge < -0.3 is 15.0 Å². The zero-order valence-electron chi connectivity index (χ0n) is 14.4. The highest BCUT2D eigenvalue weighted by atomic mass is 19.1. The van der Waals surface area contributed by atoms with Crippen LogP contribution in [0.3, 0.4) is 0 Å². The smallest absolute Gasteiger partial charge is 0.120 e. The van der Waals surface area contributed by atoms with Gasteiger partial charge in [0.25, 0.3) is 0 Å². The van der Waals surface area contributed by atoms with Gasteiger partial charge in [-0.2, -0.15) is 5.10 Å². The van der Waals surface area contributed by atoms with Gasteiger partial charge in [0.1, 0.15) is 30.1 Å². The molecule has 0 saturated carbocycles. The van der Waals surface area contributed by atoms with Crippen molar-refractivity contribution < 1.29 is 9.13 Å². The molecule has 2 aliphatic heterocycles. The monoisotopic (exact) mass is 343 g/mol. The van der Waals surface area contributed by atoms with Crippen molar-refractivity contribution in [2.75, 3.05) is 19.8 Å².